The summed E-state index contributed by atoms with van der Waals surface area (Å²) < 4.78 is 0. The molecule has 3 aromatic rings. The molecule has 0 aliphatic heterocycles. The average molecular weight is 341 g/mol. The van der Waals surface area contributed by atoms with Gasteiger partial charge in [-0.3, -0.25) is 0 Å². The molecule has 0 N–H and O–H groups in total. The Hall–Kier alpha value is -1.33. The molecule has 0 fully saturated rings. The summed E-state index contributed by atoms with van der Waals surface area (Å²) in [5.41, 5.74) is 0. The molecule has 0 unspecified atom stereocenters. The van der Waals surface area contributed by atoms with E-state index in [-0.39, 0.29) is 18.5 Å². The van der Waals surface area contributed by atoms with E-state index < -0.39 is 7.14 Å². The van der Waals surface area contributed by atoms with Gasteiger partial charge in [0.1, 0.15) is 0 Å². The van der Waals surface area contributed by atoms with Gasteiger partial charge in [-0.15, -0.1) is 0 Å². The van der Waals surface area contributed by atoms with Gasteiger partial charge >= 0.3 is 123 Å². The SMILES string of the molecule is B[PH](c1ccccc1)(c1ccccc1)c1ccccc1.[Cu].[H+]. The van der Waals surface area contributed by atoms with Crippen molar-refractivity contribution in [3.05, 3.63) is 91.0 Å². The van der Waals surface area contributed by atoms with Crippen molar-refractivity contribution in [3.63, 3.8) is 0 Å². The van der Waals surface area contributed by atoms with E-state index in [2.05, 4.69) is 98.6 Å². The van der Waals surface area contributed by atoms with E-state index in [4.69, 9.17) is 0 Å². The molecule has 0 bridgehead atoms. The summed E-state index contributed by atoms with van der Waals surface area (Å²) in [7, 11) is 0.560. The Bertz CT molecular complexity index is 581. The second-order valence-electron chi connectivity index (χ2n) is 5.22. The van der Waals surface area contributed by atoms with Crippen LogP contribution in [0.4, 0.5) is 0 Å². The van der Waals surface area contributed by atoms with Crippen LogP contribution < -0.4 is 15.9 Å². The van der Waals surface area contributed by atoms with Crippen molar-refractivity contribution in [3.8, 4) is 0 Å². The molecule has 3 rings (SSSR count). The first kappa shape index (κ1) is 16.1. The molecular weight excluding hydrogens is 322 g/mol. The Morgan fingerprint density at radius 2 is 0.762 bits per heavy atom. The summed E-state index contributed by atoms with van der Waals surface area (Å²) in [6, 6.07) is 32.8. The fraction of sp³-hybridized carbons (Fsp3) is 0. The van der Waals surface area contributed by atoms with Gasteiger partial charge in [0.2, 0.25) is 0 Å². The van der Waals surface area contributed by atoms with E-state index in [1.54, 1.807) is 0 Å². The maximum absolute atomic E-state index is 2.44. The minimum absolute atomic E-state index is 0. The number of rotatable bonds is 3. The zero-order chi connectivity index (χ0) is 13.8. The van der Waals surface area contributed by atoms with Crippen LogP contribution in [0.2, 0.25) is 0 Å². The smallest absolute Gasteiger partial charge is 0 e. The van der Waals surface area contributed by atoms with Gasteiger partial charge in [0.25, 0.3) is 0 Å². The number of benzene rings is 3. The van der Waals surface area contributed by atoms with Crippen molar-refractivity contribution in [2.24, 2.45) is 0 Å². The number of hydrogen-bond donors (Lipinski definition) is 0. The standard InChI is InChI=1S/C18H18BP.Cu/c19-20(16-10-4-1-5-11-16,17-12-6-2-7-13-17)18-14-8-3-9-15-18;/h1-15,20H,19H2;/p+1. The predicted octanol–water partition coefficient (Wildman–Crippen LogP) is 2.37. The Labute approximate surface area is 140 Å². The zero-order valence-electron chi connectivity index (χ0n) is 13.0. The molecule has 0 atom stereocenters. The molecule has 0 amide bonds. The largest absolute Gasteiger partial charge is 1.00 e. The summed E-state index contributed by atoms with van der Waals surface area (Å²) in [6.45, 7) is 0. The van der Waals surface area contributed by atoms with E-state index in [9.17, 15) is 0 Å². The van der Waals surface area contributed by atoms with Gasteiger partial charge in [-0.1, -0.05) is 0 Å². The van der Waals surface area contributed by atoms with Crippen molar-refractivity contribution in [2.45, 2.75) is 0 Å². The average Bonchev–Trinajstić information content (AvgIpc) is 2.56. The minimum Gasteiger partial charge on any atom is 0 e. The van der Waals surface area contributed by atoms with E-state index in [0.29, 0.717) is 0 Å². The normalized spacial score (nSPS) is 11.4. The fourth-order valence-corrected chi connectivity index (χ4v) is 6.39. The third-order valence-corrected chi connectivity index (χ3v) is 8.52. The summed E-state index contributed by atoms with van der Waals surface area (Å²) in [6.07, 6.45) is 0. The van der Waals surface area contributed by atoms with Crippen LogP contribution in [0.3, 0.4) is 0 Å². The first-order chi connectivity index (χ1) is 9.82. The van der Waals surface area contributed by atoms with Crippen LogP contribution in [0.5, 0.6) is 0 Å². The van der Waals surface area contributed by atoms with Crippen LogP contribution in [0.1, 0.15) is 1.43 Å². The van der Waals surface area contributed by atoms with Crippen molar-refractivity contribution < 1.29 is 18.5 Å². The Morgan fingerprint density at radius 1 is 0.524 bits per heavy atom. The molecule has 109 valence electrons. The first-order valence-corrected chi connectivity index (χ1v) is 9.48. The van der Waals surface area contributed by atoms with Crippen molar-refractivity contribution in [1.29, 1.82) is 0 Å². The van der Waals surface area contributed by atoms with E-state index in [1.807, 2.05) is 0 Å². The second kappa shape index (κ2) is 7.09. The van der Waals surface area contributed by atoms with Gasteiger partial charge in [0.05, 0.1) is 0 Å². The maximum atomic E-state index is 2.44. The van der Waals surface area contributed by atoms with Crippen molar-refractivity contribution in [2.75, 3.05) is 0 Å². The topological polar surface area (TPSA) is 0 Å². The molecule has 0 saturated carbocycles. The van der Waals surface area contributed by atoms with Crippen molar-refractivity contribution >= 4 is 30.6 Å². The summed E-state index contributed by atoms with van der Waals surface area (Å²) in [4.78, 5) is 0. The monoisotopic (exact) mass is 340 g/mol. The van der Waals surface area contributed by atoms with Gasteiger partial charge in [-0.25, -0.2) is 0 Å². The fourth-order valence-electron chi connectivity index (χ4n) is 2.81. The van der Waals surface area contributed by atoms with Gasteiger partial charge in [-0.2, -0.15) is 0 Å². The Kier molecular flexibility index (Phi) is 5.42. The molecule has 21 heavy (non-hydrogen) atoms. The molecule has 0 aromatic heterocycles. The minimum atomic E-state index is -1.88. The summed E-state index contributed by atoms with van der Waals surface area (Å²) in [5, 5.41) is 4.37. The molecule has 0 aliphatic rings. The Balaban J connectivity index is 0.00000121. The Morgan fingerprint density at radius 3 is 1.00 bits per heavy atom. The zero-order valence-corrected chi connectivity index (χ0v) is 13.9. The van der Waals surface area contributed by atoms with Crippen LogP contribution in [0.25, 0.3) is 0 Å². The van der Waals surface area contributed by atoms with Crippen molar-refractivity contribution in [1.82, 2.24) is 0 Å². The quantitative estimate of drug-likeness (QED) is 0.507. The third-order valence-electron chi connectivity index (χ3n) is 4.05. The van der Waals surface area contributed by atoms with Gasteiger partial charge in [0, 0.05) is 17.1 Å². The molecular formula is C18H19BCuP+. The molecule has 0 heterocycles. The van der Waals surface area contributed by atoms with Crippen LogP contribution in [-0.4, -0.2) is 7.57 Å². The summed E-state index contributed by atoms with van der Waals surface area (Å²) in [5.74, 6) is 0. The molecule has 0 spiro atoms. The molecule has 0 aliphatic carbocycles. The molecule has 3 aromatic carbocycles. The van der Waals surface area contributed by atoms with E-state index in [0.717, 1.165) is 0 Å². The molecule has 0 nitrogen and oxygen atoms in total. The van der Waals surface area contributed by atoms with Gasteiger partial charge in [0.15, 0.2) is 0 Å². The second-order valence-corrected chi connectivity index (χ2v) is 9.21. The summed E-state index contributed by atoms with van der Waals surface area (Å²) >= 11 is 0. The number of hydrogen-bond acceptors (Lipinski definition) is 0. The molecule has 0 saturated heterocycles. The van der Waals surface area contributed by atoms with Crippen LogP contribution in [-0.2, 0) is 17.1 Å². The van der Waals surface area contributed by atoms with Gasteiger partial charge < -0.3 is 0 Å². The van der Waals surface area contributed by atoms with Crippen LogP contribution in [0.15, 0.2) is 91.0 Å². The van der Waals surface area contributed by atoms with E-state index >= 15 is 0 Å². The predicted molar refractivity (Wildman–Crippen MR) is 96.2 cm³/mol. The van der Waals surface area contributed by atoms with Crippen LogP contribution in [0, 0.1) is 0 Å². The molecule has 1 radical (unpaired) electrons. The first-order valence-electron chi connectivity index (χ1n) is 6.98. The van der Waals surface area contributed by atoms with Crippen LogP contribution >= 0.6 is 7.14 Å². The molecule has 3 heteroatoms. The van der Waals surface area contributed by atoms with Gasteiger partial charge in [-0.05, 0) is 0 Å². The van der Waals surface area contributed by atoms with E-state index in [1.165, 1.54) is 15.9 Å². The third kappa shape index (κ3) is 3.14. The maximum Gasteiger partial charge on any atom is 1.00 e.